The van der Waals surface area contributed by atoms with E-state index in [4.69, 9.17) is 11.6 Å². The van der Waals surface area contributed by atoms with Crippen molar-refractivity contribution in [3.63, 3.8) is 0 Å². The molecule has 6 heteroatoms. The van der Waals surface area contributed by atoms with Gasteiger partial charge < -0.3 is 4.90 Å². The molecule has 3 aromatic rings. The maximum Gasteiger partial charge on any atom is 0.226 e. The maximum absolute atomic E-state index is 12.3. The normalized spacial score (nSPS) is 10.6. The average Bonchev–Trinajstić information content (AvgIpc) is 3.19. The number of H-pyrrole nitrogens is 1. The second kappa shape index (κ2) is 8.18. The molecule has 27 heavy (non-hydrogen) atoms. The molecule has 0 fully saturated rings. The van der Waals surface area contributed by atoms with Gasteiger partial charge in [0.15, 0.2) is 5.78 Å². The van der Waals surface area contributed by atoms with E-state index in [2.05, 4.69) is 10.2 Å². The van der Waals surface area contributed by atoms with Crippen LogP contribution in [-0.4, -0.2) is 28.9 Å². The van der Waals surface area contributed by atoms with Crippen molar-refractivity contribution in [2.45, 2.75) is 19.8 Å². The van der Waals surface area contributed by atoms with E-state index in [1.807, 2.05) is 49.4 Å². The number of benzene rings is 2. The molecule has 2 aromatic carbocycles. The topological polar surface area (TPSA) is 66.1 Å². The van der Waals surface area contributed by atoms with Gasteiger partial charge in [0.25, 0.3) is 0 Å². The third-order valence-electron chi connectivity index (χ3n) is 4.44. The molecule has 5 nitrogen and oxygen atoms in total. The van der Waals surface area contributed by atoms with Gasteiger partial charge in [-0.05, 0) is 29.3 Å². The van der Waals surface area contributed by atoms with Crippen molar-refractivity contribution in [1.82, 2.24) is 10.2 Å². The minimum atomic E-state index is 0.00443. The van der Waals surface area contributed by atoms with Crippen molar-refractivity contribution in [2.75, 3.05) is 11.9 Å². The van der Waals surface area contributed by atoms with Gasteiger partial charge in [-0.3, -0.25) is 14.7 Å². The monoisotopic (exact) mass is 381 g/mol. The van der Waals surface area contributed by atoms with Crippen LogP contribution in [0.1, 0.15) is 29.4 Å². The van der Waals surface area contributed by atoms with E-state index in [1.165, 1.54) is 0 Å². The molecule has 0 saturated carbocycles. The number of carbonyl (C=O) groups is 2. The highest BCUT2D eigenvalue weighted by molar-refractivity contribution is 6.34. The highest BCUT2D eigenvalue weighted by Gasteiger charge is 2.13. The first-order valence-electron chi connectivity index (χ1n) is 8.67. The maximum atomic E-state index is 12.3. The molecule has 0 atom stereocenters. The van der Waals surface area contributed by atoms with Crippen molar-refractivity contribution >= 4 is 29.0 Å². The molecule has 1 amide bonds. The molecule has 0 spiro atoms. The Balaban J connectivity index is 1.78. The Labute approximate surface area is 163 Å². The van der Waals surface area contributed by atoms with E-state index in [0.717, 1.165) is 16.8 Å². The van der Waals surface area contributed by atoms with E-state index in [9.17, 15) is 9.59 Å². The third kappa shape index (κ3) is 4.26. The first-order valence-corrected chi connectivity index (χ1v) is 9.05. The second-order valence-electron chi connectivity index (χ2n) is 6.23. The van der Waals surface area contributed by atoms with Gasteiger partial charge in [-0.25, -0.2) is 0 Å². The van der Waals surface area contributed by atoms with Crippen LogP contribution < -0.4 is 4.90 Å². The van der Waals surface area contributed by atoms with Crippen LogP contribution in [0.2, 0.25) is 5.02 Å². The first-order chi connectivity index (χ1) is 13.0. The Morgan fingerprint density at radius 1 is 1.07 bits per heavy atom. The van der Waals surface area contributed by atoms with Crippen LogP contribution in [0.5, 0.6) is 0 Å². The summed E-state index contributed by atoms with van der Waals surface area (Å²) in [5, 5.41) is 7.16. The lowest BCUT2D eigenvalue weighted by Crippen LogP contribution is -2.25. The highest BCUT2D eigenvalue weighted by atomic mass is 35.5. The number of hydrogen-bond donors (Lipinski definition) is 1. The van der Waals surface area contributed by atoms with Gasteiger partial charge in [0.1, 0.15) is 0 Å². The highest BCUT2D eigenvalue weighted by Crippen LogP contribution is 2.31. The number of aromatic amines is 1. The van der Waals surface area contributed by atoms with Crippen molar-refractivity contribution in [1.29, 1.82) is 0 Å². The summed E-state index contributed by atoms with van der Waals surface area (Å²) in [6.07, 6.45) is 2.34. The van der Waals surface area contributed by atoms with Gasteiger partial charge >= 0.3 is 0 Å². The van der Waals surface area contributed by atoms with E-state index in [1.54, 1.807) is 24.2 Å². The number of carbonyl (C=O) groups excluding carboxylic acids is 2. The Morgan fingerprint density at radius 2 is 1.78 bits per heavy atom. The fourth-order valence-electron chi connectivity index (χ4n) is 2.84. The van der Waals surface area contributed by atoms with Crippen molar-refractivity contribution in [3.05, 3.63) is 71.0 Å². The van der Waals surface area contributed by atoms with Crippen LogP contribution in [0.15, 0.2) is 54.7 Å². The lowest BCUT2D eigenvalue weighted by Gasteiger charge is -2.18. The molecule has 0 saturated heterocycles. The Bertz CT molecular complexity index is 950. The average molecular weight is 382 g/mol. The zero-order valence-corrected chi connectivity index (χ0v) is 16.0. The molecule has 0 bridgehead atoms. The summed E-state index contributed by atoms with van der Waals surface area (Å²) in [7, 11) is 1.72. The molecular weight excluding hydrogens is 362 g/mol. The van der Waals surface area contributed by atoms with Gasteiger partial charge in [-0.2, -0.15) is 5.10 Å². The number of amides is 1. The summed E-state index contributed by atoms with van der Waals surface area (Å²) in [5.41, 5.74) is 3.99. The quantitative estimate of drug-likeness (QED) is 0.638. The summed E-state index contributed by atoms with van der Waals surface area (Å²) in [4.78, 5) is 25.7. The largest absolute Gasteiger partial charge is 0.314 e. The van der Waals surface area contributed by atoms with Gasteiger partial charge in [-0.1, -0.05) is 48.9 Å². The van der Waals surface area contributed by atoms with Gasteiger partial charge in [0.2, 0.25) is 5.91 Å². The van der Waals surface area contributed by atoms with Crippen LogP contribution in [0.3, 0.4) is 0 Å². The number of hydrogen-bond acceptors (Lipinski definition) is 3. The zero-order valence-electron chi connectivity index (χ0n) is 15.2. The van der Waals surface area contributed by atoms with Crippen LogP contribution >= 0.6 is 11.6 Å². The number of anilines is 1. The SMILES string of the molecule is CCC(=O)N(C)c1ccc(-c2ccc(C(=O)Cc3ccn[nH]3)cc2)cc1Cl. The first kappa shape index (κ1) is 18.9. The fraction of sp³-hybridized carbons (Fsp3) is 0.190. The Morgan fingerprint density at radius 3 is 2.37 bits per heavy atom. The summed E-state index contributed by atoms with van der Waals surface area (Å²) >= 11 is 6.38. The zero-order chi connectivity index (χ0) is 19.4. The standard InChI is InChI=1S/C21H20ClN3O2/c1-3-21(27)25(2)19-9-8-16(12-18(19)22)14-4-6-15(7-5-14)20(26)13-17-10-11-23-24-17/h4-12H,3,13H2,1-2H3,(H,23,24). The summed E-state index contributed by atoms with van der Waals surface area (Å²) in [5.74, 6) is 0.0312. The second-order valence-corrected chi connectivity index (χ2v) is 6.64. The number of nitrogens with one attached hydrogen (secondary N) is 1. The molecule has 0 radical (unpaired) electrons. The number of halogens is 1. The lowest BCUT2D eigenvalue weighted by atomic mass is 10.0. The number of ketones is 1. The number of Topliss-reactive ketones (excluding diaryl/α,β-unsaturated/α-hetero) is 1. The predicted molar refractivity (Wildman–Crippen MR) is 107 cm³/mol. The predicted octanol–water partition coefficient (Wildman–Crippen LogP) is 4.53. The van der Waals surface area contributed by atoms with E-state index in [0.29, 0.717) is 22.7 Å². The summed E-state index contributed by atoms with van der Waals surface area (Å²) in [6.45, 7) is 1.82. The van der Waals surface area contributed by atoms with Gasteiger partial charge in [0.05, 0.1) is 17.1 Å². The molecule has 1 heterocycles. The third-order valence-corrected chi connectivity index (χ3v) is 4.74. The molecule has 138 valence electrons. The van der Waals surface area contributed by atoms with E-state index >= 15 is 0 Å². The fourth-order valence-corrected chi connectivity index (χ4v) is 3.14. The van der Waals surface area contributed by atoms with Crippen LogP contribution in [0, 0.1) is 0 Å². The molecule has 0 aliphatic rings. The molecular formula is C21H20ClN3O2. The molecule has 0 unspecified atom stereocenters. The van der Waals surface area contributed by atoms with Crippen molar-refractivity contribution in [3.8, 4) is 11.1 Å². The summed E-state index contributed by atoms with van der Waals surface area (Å²) < 4.78 is 0. The van der Waals surface area contributed by atoms with Crippen molar-refractivity contribution < 1.29 is 9.59 Å². The van der Waals surface area contributed by atoms with Crippen LogP contribution in [0.4, 0.5) is 5.69 Å². The lowest BCUT2D eigenvalue weighted by molar-refractivity contribution is -0.118. The van der Waals surface area contributed by atoms with Crippen LogP contribution in [-0.2, 0) is 11.2 Å². The van der Waals surface area contributed by atoms with Gasteiger partial charge in [0, 0.05) is 30.9 Å². The van der Waals surface area contributed by atoms with E-state index in [-0.39, 0.29) is 18.1 Å². The van der Waals surface area contributed by atoms with E-state index < -0.39 is 0 Å². The molecule has 1 aromatic heterocycles. The van der Waals surface area contributed by atoms with Gasteiger partial charge in [-0.15, -0.1) is 0 Å². The minimum Gasteiger partial charge on any atom is -0.314 e. The Hall–Kier alpha value is -2.92. The number of rotatable bonds is 6. The molecule has 3 rings (SSSR count). The Kier molecular flexibility index (Phi) is 5.72. The molecule has 1 N–H and O–H groups in total. The number of nitrogens with zero attached hydrogens (tertiary/aromatic N) is 2. The molecule has 0 aliphatic carbocycles. The smallest absolute Gasteiger partial charge is 0.226 e. The minimum absolute atomic E-state index is 0.00443. The number of aromatic nitrogens is 2. The van der Waals surface area contributed by atoms with Crippen molar-refractivity contribution in [2.24, 2.45) is 0 Å². The van der Waals surface area contributed by atoms with Crippen LogP contribution in [0.25, 0.3) is 11.1 Å². The summed E-state index contributed by atoms with van der Waals surface area (Å²) in [6, 6.07) is 14.8. The molecule has 0 aliphatic heterocycles.